The quantitative estimate of drug-likeness (QED) is 0.544. The second-order valence-electron chi connectivity index (χ2n) is 6.66. The first-order chi connectivity index (χ1) is 12.8. The largest absolute Gasteiger partial charge is 0.357 e. The monoisotopic (exact) mass is 377 g/mol. The lowest BCUT2D eigenvalue weighted by Crippen LogP contribution is -2.49. The fourth-order valence-corrected chi connectivity index (χ4v) is 4.46. The highest BCUT2D eigenvalue weighted by Gasteiger charge is 2.18. The van der Waals surface area contributed by atoms with Crippen LogP contribution in [0.15, 0.2) is 23.5 Å². The molecule has 2 N–H and O–H groups in total. The number of hydrogen-bond acceptors (Lipinski definition) is 6. The summed E-state index contributed by atoms with van der Waals surface area (Å²) < 4.78 is 0. The summed E-state index contributed by atoms with van der Waals surface area (Å²) in [6.45, 7) is 9.96. The maximum atomic E-state index is 4.76. The molecule has 2 saturated heterocycles. The second kappa shape index (κ2) is 10.6. The van der Waals surface area contributed by atoms with E-state index < -0.39 is 0 Å². The number of hydrogen-bond donors (Lipinski definition) is 2. The van der Waals surface area contributed by atoms with Gasteiger partial charge in [0.05, 0.1) is 6.54 Å². The van der Waals surface area contributed by atoms with Crippen LogP contribution in [0.4, 0.5) is 5.95 Å². The van der Waals surface area contributed by atoms with Crippen molar-refractivity contribution in [2.45, 2.75) is 25.0 Å². The summed E-state index contributed by atoms with van der Waals surface area (Å²) in [5.41, 5.74) is 0. The van der Waals surface area contributed by atoms with Crippen molar-refractivity contribution in [2.24, 2.45) is 4.99 Å². The predicted molar refractivity (Wildman–Crippen MR) is 110 cm³/mol. The molecule has 1 aromatic heterocycles. The van der Waals surface area contributed by atoms with Gasteiger partial charge in [0.15, 0.2) is 5.96 Å². The van der Waals surface area contributed by atoms with Gasteiger partial charge in [-0.1, -0.05) is 0 Å². The molecule has 8 heteroatoms. The highest BCUT2D eigenvalue weighted by molar-refractivity contribution is 8.00. The summed E-state index contributed by atoms with van der Waals surface area (Å²) in [4.78, 5) is 18.2. The minimum absolute atomic E-state index is 0.707. The molecule has 2 fully saturated rings. The topological polar surface area (TPSA) is 68.7 Å². The first kappa shape index (κ1) is 19.2. The molecule has 2 aliphatic heterocycles. The summed E-state index contributed by atoms with van der Waals surface area (Å²) in [5, 5.41) is 7.55. The zero-order chi connectivity index (χ0) is 18.0. The number of piperazine rings is 1. The third kappa shape index (κ3) is 6.02. The van der Waals surface area contributed by atoms with Crippen LogP contribution in [0.5, 0.6) is 0 Å². The number of thioether (sulfide) groups is 1. The fraction of sp³-hybridized carbons (Fsp3) is 0.722. The minimum atomic E-state index is 0.707. The number of nitrogens with one attached hydrogen (secondary N) is 2. The van der Waals surface area contributed by atoms with Gasteiger partial charge in [0.1, 0.15) is 0 Å². The molecular formula is C18H31N7S. The van der Waals surface area contributed by atoms with Crippen LogP contribution >= 0.6 is 11.8 Å². The smallest absolute Gasteiger partial charge is 0.225 e. The number of anilines is 1. The Morgan fingerprint density at radius 2 is 2.04 bits per heavy atom. The fourth-order valence-electron chi connectivity index (χ4n) is 3.28. The Kier molecular flexibility index (Phi) is 7.82. The molecular weight excluding hydrogens is 346 g/mol. The SMILES string of the molecule is CCNC(=NCC1CCCS1)NCCN1CCN(c2ncccn2)CC1. The third-order valence-corrected chi connectivity index (χ3v) is 6.13. The highest BCUT2D eigenvalue weighted by Crippen LogP contribution is 2.25. The van der Waals surface area contributed by atoms with Gasteiger partial charge in [0.2, 0.25) is 5.95 Å². The van der Waals surface area contributed by atoms with Gasteiger partial charge >= 0.3 is 0 Å². The number of guanidine groups is 1. The van der Waals surface area contributed by atoms with Crippen molar-refractivity contribution >= 4 is 23.7 Å². The zero-order valence-electron chi connectivity index (χ0n) is 15.7. The van der Waals surface area contributed by atoms with Gasteiger partial charge in [-0.05, 0) is 31.6 Å². The molecule has 1 unspecified atom stereocenters. The Labute approximate surface area is 161 Å². The van der Waals surface area contributed by atoms with Crippen molar-refractivity contribution in [3.63, 3.8) is 0 Å². The first-order valence-corrected chi connectivity index (χ1v) is 10.8. The van der Waals surface area contributed by atoms with E-state index in [2.05, 4.69) is 49.1 Å². The van der Waals surface area contributed by atoms with Crippen LogP contribution in [-0.4, -0.2) is 84.2 Å². The van der Waals surface area contributed by atoms with E-state index in [1.165, 1.54) is 18.6 Å². The Morgan fingerprint density at radius 3 is 2.73 bits per heavy atom. The van der Waals surface area contributed by atoms with Crippen LogP contribution in [0, 0.1) is 0 Å². The maximum absolute atomic E-state index is 4.76. The van der Waals surface area contributed by atoms with Crippen molar-refractivity contribution in [3.05, 3.63) is 18.5 Å². The Balaban J connectivity index is 1.36. The summed E-state index contributed by atoms with van der Waals surface area (Å²) in [6.07, 6.45) is 6.27. The lowest BCUT2D eigenvalue weighted by atomic mass is 10.2. The van der Waals surface area contributed by atoms with Crippen molar-refractivity contribution in [3.8, 4) is 0 Å². The zero-order valence-corrected chi connectivity index (χ0v) is 16.5. The van der Waals surface area contributed by atoms with Crippen LogP contribution in [-0.2, 0) is 0 Å². The lowest BCUT2D eigenvalue weighted by molar-refractivity contribution is 0.260. The highest BCUT2D eigenvalue weighted by atomic mass is 32.2. The normalized spacial score (nSPS) is 21.8. The average Bonchev–Trinajstić information content (AvgIpc) is 3.21. The summed E-state index contributed by atoms with van der Waals surface area (Å²) in [5.74, 6) is 3.09. The number of aliphatic imine (C=N–C) groups is 1. The Hall–Kier alpha value is -1.54. The van der Waals surface area contributed by atoms with E-state index in [4.69, 9.17) is 4.99 Å². The molecule has 0 saturated carbocycles. The summed E-state index contributed by atoms with van der Waals surface area (Å²) in [6, 6.07) is 1.86. The molecule has 144 valence electrons. The van der Waals surface area contributed by atoms with Crippen molar-refractivity contribution < 1.29 is 0 Å². The molecule has 7 nitrogen and oxygen atoms in total. The molecule has 2 aliphatic rings. The Bertz CT molecular complexity index is 540. The molecule has 26 heavy (non-hydrogen) atoms. The van der Waals surface area contributed by atoms with E-state index in [9.17, 15) is 0 Å². The lowest BCUT2D eigenvalue weighted by Gasteiger charge is -2.34. The van der Waals surface area contributed by atoms with Gasteiger partial charge in [-0.15, -0.1) is 0 Å². The Morgan fingerprint density at radius 1 is 1.23 bits per heavy atom. The average molecular weight is 378 g/mol. The van der Waals surface area contributed by atoms with Crippen LogP contribution in [0.25, 0.3) is 0 Å². The van der Waals surface area contributed by atoms with Gasteiger partial charge in [0, 0.05) is 63.5 Å². The summed E-state index contributed by atoms with van der Waals surface area (Å²) >= 11 is 2.06. The molecule has 3 rings (SSSR count). The molecule has 0 amide bonds. The van der Waals surface area contributed by atoms with Gasteiger partial charge in [-0.2, -0.15) is 11.8 Å². The predicted octanol–water partition coefficient (Wildman–Crippen LogP) is 1.05. The summed E-state index contributed by atoms with van der Waals surface area (Å²) in [7, 11) is 0. The molecule has 0 radical (unpaired) electrons. The van der Waals surface area contributed by atoms with E-state index in [0.29, 0.717) is 5.25 Å². The third-order valence-electron chi connectivity index (χ3n) is 4.75. The van der Waals surface area contributed by atoms with Crippen LogP contribution in [0.3, 0.4) is 0 Å². The van der Waals surface area contributed by atoms with E-state index in [-0.39, 0.29) is 0 Å². The van der Waals surface area contributed by atoms with E-state index in [1.54, 1.807) is 0 Å². The first-order valence-electron chi connectivity index (χ1n) is 9.73. The van der Waals surface area contributed by atoms with Crippen molar-refractivity contribution in [1.29, 1.82) is 0 Å². The maximum Gasteiger partial charge on any atom is 0.225 e. The van der Waals surface area contributed by atoms with E-state index >= 15 is 0 Å². The van der Waals surface area contributed by atoms with Gasteiger partial charge in [0.25, 0.3) is 0 Å². The molecule has 0 spiro atoms. The molecule has 1 aromatic rings. The van der Waals surface area contributed by atoms with Crippen molar-refractivity contribution in [2.75, 3.05) is 63.0 Å². The minimum Gasteiger partial charge on any atom is -0.357 e. The van der Waals surface area contributed by atoms with Gasteiger partial charge in [-0.3, -0.25) is 9.89 Å². The van der Waals surface area contributed by atoms with Crippen LogP contribution in [0.2, 0.25) is 0 Å². The second-order valence-corrected chi connectivity index (χ2v) is 8.07. The van der Waals surface area contributed by atoms with Crippen LogP contribution < -0.4 is 15.5 Å². The number of nitrogens with zero attached hydrogens (tertiary/aromatic N) is 5. The standard InChI is InChI=1S/C18H31N7S/c1-2-19-17(23-15-16-5-3-14-26-16)20-8-9-24-10-12-25(13-11-24)18-21-6-4-7-22-18/h4,6-7,16H,2-3,5,8-15H2,1H3,(H2,19,20,23). The molecule has 0 bridgehead atoms. The number of rotatable bonds is 7. The van der Waals surface area contributed by atoms with Gasteiger partial charge in [-0.25, -0.2) is 9.97 Å². The van der Waals surface area contributed by atoms with E-state index in [1.807, 2.05) is 18.5 Å². The molecule has 0 aliphatic carbocycles. The number of aromatic nitrogens is 2. The van der Waals surface area contributed by atoms with Gasteiger partial charge < -0.3 is 15.5 Å². The molecule has 1 atom stereocenters. The molecule has 3 heterocycles. The van der Waals surface area contributed by atoms with E-state index in [0.717, 1.165) is 64.3 Å². The molecule has 0 aromatic carbocycles. The van der Waals surface area contributed by atoms with Crippen molar-refractivity contribution in [1.82, 2.24) is 25.5 Å². The van der Waals surface area contributed by atoms with Crippen LogP contribution in [0.1, 0.15) is 19.8 Å².